The number of rotatable bonds is 3. The van der Waals surface area contributed by atoms with Crippen LogP contribution in [0.15, 0.2) is 39.3 Å². The van der Waals surface area contributed by atoms with Crippen LogP contribution in [-0.4, -0.2) is 22.0 Å². The van der Waals surface area contributed by atoms with E-state index in [1.807, 2.05) is 6.07 Å². The molecule has 1 aromatic carbocycles. The summed E-state index contributed by atoms with van der Waals surface area (Å²) in [6.07, 6.45) is 0. The second-order valence-corrected chi connectivity index (χ2v) is 4.35. The molecule has 0 unspecified atom stereocenters. The van der Waals surface area contributed by atoms with Crippen molar-refractivity contribution in [2.75, 3.05) is 7.11 Å². The van der Waals surface area contributed by atoms with Gasteiger partial charge < -0.3 is 10.5 Å². The number of aromatic amines is 1. The van der Waals surface area contributed by atoms with Crippen LogP contribution in [0.3, 0.4) is 0 Å². The second kappa shape index (κ2) is 5.66. The number of methoxy groups -OCH3 is 1. The number of aromatic nitrogens is 2. The minimum Gasteiger partial charge on any atom is -0.494 e. The molecular formula is C12H13N5O2S. The van der Waals surface area contributed by atoms with Crippen LogP contribution < -0.4 is 16.0 Å². The summed E-state index contributed by atoms with van der Waals surface area (Å²) in [5.41, 5.74) is 6.19. The molecule has 0 radical (unpaired) electrons. The van der Waals surface area contributed by atoms with Crippen molar-refractivity contribution in [2.24, 2.45) is 16.0 Å². The molecule has 1 heterocycles. The maximum absolute atomic E-state index is 12.0. The molecule has 0 atom stereocenters. The maximum Gasteiger partial charge on any atom is 0.301 e. The first kappa shape index (κ1) is 13.9. The van der Waals surface area contributed by atoms with Crippen LogP contribution >= 0.6 is 12.2 Å². The predicted octanol–water partition coefficient (Wildman–Crippen LogP) is 2.00. The van der Waals surface area contributed by atoms with E-state index in [4.69, 9.17) is 22.7 Å². The first-order valence-electron chi connectivity index (χ1n) is 5.70. The summed E-state index contributed by atoms with van der Waals surface area (Å²) in [5.74, 6) is 0.569. The number of benzene rings is 1. The summed E-state index contributed by atoms with van der Waals surface area (Å²) in [5, 5.41) is 10.6. The number of thiocarbonyl (C=S) groups is 1. The van der Waals surface area contributed by atoms with Gasteiger partial charge >= 0.3 is 5.56 Å². The van der Waals surface area contributed by atoms with Crippen LogP contribution in [0.4, 0.5) is 11.4 Å². The molecule has 3 N–H and O–H groups in total. The molecule has 0 saturated heterocycles. The standard InChI is InChI=1S/C12H13N5O2S/c1-7-10(11(18)17(16-7)12(13)20)15-14-8-5-3-4-6-9(8)19-2/h3-6,16H,1-2H3,(H2,13,20). The number of H-pyrrole nitrogens is 1. The number of azo groups is 1. The molecule has 0 bridgehead atoms. The molecule has 0 spiro atoms. The monoisotopic (exact) mass is 291 g/mol. The van der Waals surface area contributed by atoms with Gasteiger partial charge in [-0.2, -0.15) is 4.68 Å². The van der Waals surface area contributed by atoms with Crippen LogP contribution in [0, 0.1) is 6.92 Å². The van der Waals surface area contributed by atoms with Gasteiger partial charge in [-0.05, 0) is 31.3 Å². The topological polar surface area (TPSA) is 97.8 Å². The second-order valence-electron chi connectivity index (χ2n) is 3.94. The smallest absolute Gasteiger partial charge is 0.301 e. The Bertz CT molecular complexity index is 732. The average Bonchev–Trinajstić information content (AvgIpc) is 2.72. The van der Waals surface area contributed by atoms with Gasteiger partial charge in [-0.3, -0.25) is 9.89 Å². The lowest BCUT2D eigenvalue weighted by molar-refractivity contribution is 0.416. The quantitative estimate of drug-likeness (QED) is 0.667. The lowest BCUT2D eigenvalue weighted by Crippen LogP contribution is -2.29. The third-order valence-corrected chi connectivity index (χ3v) is 2.79. The molecule has 0 saturated carbocycles. The number of para-hydroxylation sites is 1. The van der Waals surface area contributed by atoms with Crippen LogP contribution in [0.2, 0.25) is 0 Å². The molecule has 20 heavy (non-hydrogen) atoms. The highest BCUT2D eigenvalue weighted by Crippen LogP contribution is 2.27. The molecule has 104 valence electrons. The summed E-state index contributed by atoms with van der Waals surface area (Å²) in [7, 11) is 1.54. The fourth-order valence-electron chi connectivity index (χ4n) is 1.63. The molecule has 2 aromatic rings. The molecule has 7 nitrogen and oxygen atoms in total. The predicted molar refractivity (Wildman–Crippen MR) is 79.1 cm³/mol. The minimum atomic E-state index is -0.436. The number of nitrogens with two attached hydrogens (primary N) is 1. The van der Waals surface area contributed by atoms with E-state index < -0.39 is 5.56 Å². The first-order valence-corrected chi connectivity index (χ1v) is 6.11. The van der Waals surface area contributed by atoms with Crippen molar-refractivity contribution in [1.82, 2.24) is 9.78 Å². The van der Waals surface area contributed by atoms with E-state index in [2.05, 4.69) is 15.3 Å². The Morgan fingerprint density at radius 2 is 2.10 bits per heavy atom. The highest BCUT2D eigenvalue weighted by molar-refractivity contribution is 7.80. The van der Waals surface area contributed by atoms with E-state index >= 15 is 0 Å². The van der Waals surface area contributed by atoms with Gasteiger partial charge in [0, 0.05) is 0 Å². The Kier molecular flexibility index (Phi) is 3.94. The largest absolute Gasteiger partial charge is 0.494 e. The van der Waals surface area contributed by atoms with Gasteiger partial charge in [0.05, 0.1) is 12.8 Å². The van der Waals surface area contributed by atoms with Crippen molar-refractivity contribution in [1.29, 1.82) is 0 Å². The van der Waals surface area contributed by atoms with Crippen LogP contribution in [0.5, 0.6) is 5.75 Å². The zero-order chi connectivity index (χ0) is 14.7. The Morgan fingerprint density at radius 1 is 1.40 bits per heavy atom. The van der Waals surface area contributed by atoms with E-state index in [0.29, 0.717) is 17.1 Å². The lowest BCUT2D eigenvalue weighted by atomic mass is 10.3. The first-order chi connectivity index (χ1) is 9.54. The number of hydrogen-bond acceptors (Lipinski definition) is 5. The number of ether oxygens (including phenoxy) is 1. The van der Waals surface area contributed by atoms with Gasteiger partial charge in [-0.15, -0.1) is 10.2 Å². The SMILES string of the molecule is COc1ccccc1N=Nc1c(C)[nH]n(C(N)=S)c1=O. The van der Waals surface area contributed by atoms with Gasteiger partial charge in [0.1, 0.15) is 11.4 Å². The van der Waals surface area contributed by atoms with Crippen LogP contribution in [0.1, 0.15) is 5.69 Å². The summed E-state index contributed by atoms with van der Waals surface area (Å²) >= 11 is 4.76. The Hall–Kier alpha value is -2.48. The normalized spacial score (nSPS) is 10.9. The average molecular weight is 291 g/mol. The maximum atomic E-state index is 12.0. The molecule has 0 aliphatic carbocycles. The van der Waals surface area contributed by atoms with E-state index in [1.165, 1.54) is 7.11 Å². The van der Waals surface area contributed by atoms with E-state index in [1.54, 1.807) is 25.1 Å². The zero-order valence-electron chi connectivity index (χ0n) is 11.0. The number of aryl methyl sites for hydroxylation is 1. The Balaban J connectivity index is 2.42. The molecule has 2 rings (SSSR count). The van der Waals surface area contributed by atoms with Gasteiger partial charge in [0.25, 0.3) is 0 Å². The molecule has 8 heteroatoms. The van der Waals surface area contributed by atoms with E-state index in [0.717, 1.165) is 4.68 Å². The highest BCUT2D eigenvalue weighted by atomic mass is 32.1. The molecule has 0 amide bonds. The van der Waals surface area contributed by atoms with Crippen molar-refractivity contribution in [3.8, 4) is 5.75 Å². The summed E-state index contributed by atoms with van der Waals surface area (Å²) in [6.45, 7) is 1.69. The molecule has 1 aromatic heterocycles. The number of hydrogen-bond donors (Lipinski definition) is 2. The highest BCUT2D eigenvalue weighted by Gasteiger charge is 2.12. The van der Waals surface area contributed by atoms with Crippen LogP contribution in [0.25, 0.3) is 0 Å². The van der Waals surface area contributed by atoms with Gasteiger partial charge in [-0.1, -0.05) is 12.1 Å². The molecular weight excluding hydrogens is 278 g/mol. The van der Waals surface area contributed by atoms with Crippen molar-refractivity contribution in [2.45, 2.75) is 6.92 Å². The Morgan fingerprint density at radius 3 is 2.70 bits per heavy atom. The van der Waals surface area contributed by atoms with Crippen molar-refractivity contribution in [3.63, 3.8) is 0 Å². The molecule has 0 aliphatic rings. The third-order valence-electron chi connectivity index (χ3n) is 2.60. The van der Waals surface area contributed by atoms with Crippen LogP contribution in [-0.2, 0) is 0 Å². The number of nitrogens with one attached hydrogen (secondary N) is 1. The summed E-state index contributed by atoms with van der Waals surface area (Å²) < 4.78 is 6.19. The van der Waals surface area contributed by atoms with E-state index in [9.17, 15) is 4.79 Å². The summed E-state index contributed by atoms with van der Waals surface area (Å²) in [6, 6.07) is 7.11. The van der Waals surface area contributed by atoms with Crippen molar-refractivity contribution < 1.29 is 4.74 Å². The third kappa shape index (κ3) is 2.59. The molecule has 0 fully saturated rings. The van der Waals surface area contributed by atoms with Crippen molar-refractivity contribution in [3.05, 3.63) is 40.3 Å². The fraction of sp³-hybridized carbons (Fsp3) is 0.167. The molecule has 0 aliphatic heterocycles. The zero-order valence-corrected chi connectivity index (χ0v) is 11.8. The Labute approximate surface area is 120 Å². The van der Waals surface area contributed by atoms with Gasteiger partial charge in [-0.25, -0.2) is 0 Å². The van der Waals surface area contributed by atoms with E-state index in [-0.39, 0.29) is 10.8 Å². The number of nitrogens with zero attached hydrogens (tertiary/aromatic N) is 3. The summed E-state index contributed by atoms with van der Waals surface area (Å²) in [4.78, 5) is 12.0. The van der Waals surface area contributed by atoms with Gasteiger partial charge in [0.15, 0.2) is 10.8 Å². The minimum absolute atomic E-state index is 0.0724. The fourth-order valence-corrected chi connectivity index (χ4v) is 1.76. The van der Waals surface area contributed by atoms with Gasteiger partial charge in [0.2, 0.25) is 0 Å². The lowest BCUT2D eigenvalue weighted by Gasteiger charge is -2.01. The van der Waals surface area contributed by atoms with Crippen molar-refractivity contribution >= 4 is 28.7 Å².